The van der Waals surface area contributed by atoms with E-state index in [2.05, 4.69) is 41.7 Å². The average molecular weight is 401 g/mol. The molecule has 2 atom stereocenters. The van der Waals surface area contributed by atoms with Gasteiger partial charge in [0.15, 0.2) is 5.65 Å². The highest BCUT2D eigenvalue weighted by Gasteiger charge is 2.25. The monoisotopic (exact) mass is 400 g/mol. The first-order chi connectivity index (χ1) is 14.0. The van der Waals surface area contributed by atoms with E-state index in [9.17, 15) is 0 Å². The van der Waals surface area contributed by atoms with Crippen LogP contribution in [-0.4, -0.2) is 62.7 Å². The van der Waals surface area contributed by atoms with Crippen LogP contribution in [-0.2, 0) is 6.42 Å². The maximum absolute atomic E-state index is 6.19. The number of nitrogens with zero attached hydrogens (tertiary/aromatic N) is 5. The molecule has 8 nitrogen and oxygen atoms in total. The van der Waals surface area contributed by atoms with Gasteiger partial charge < -0.3 is 21.3 Å². The summed E-state index contributed by atoms with van der Waals surface area (Å²) < 4.78 is 1.85. The number of fused-ring (bicyclic) bond motifs is 1. The van der Waals surface area contributed by atoms with Crippen molar-refractivity contribution in [3.63, 3.8) is 0 Å². The summed E-state index contributed by atoms with van der Waals surface area (Å²) in [6.45, 7) is 2.14. The summed E-state index contributed by atoms with van der Waals surface area (Å²) in [7, 11) is 4.35. The van der Waals surface area contributed by atoms with Gasteiger partial charge in [-0.25, -0.2) is 0 Å². The molecule has 0 aromatic carbocycles. The summed E-state index contributed by atoms with van der Waals surface area (Å²) in [5.74, 6) is 1.49. The summed E-state index contributed by atoms with van der Waals surface area (Å²) in [6, 6.07) is 1.73. The second kappa shape index (κ2) is 8.83. The van der Waals surface area contributed by atoms with Gasteiger partial charge in [0.05, 0.1) is 6.20 Å². The van der Waals surface area contributed by atoms with Gasteiger partial charge in [-0.1, -0.05) is 6.92 Å². The van der Waals surface area contributed by atoms with Gasteiger partial charge in [0.25, 0.3) is 0 Å². The highest BCUT2D eigenvalue weighted by Crippen LogP contribution is 2.26. The Labute approximate surface area is 173 Å². The van der Waals surface area contributed by atoms with E-state index in [1.165, 1.54) is 12.8 Å². The Morgan fingerprint density at radius 1 is 1.07 bits per heavy atom. The predicted molar refractivity (Wildman–Crippen MR) is 117 cm³/mol. The molecule has 160 valence electrons. The normalized spacial score (nSPS) is 28.0. The molecule has 2 aromatic rings. The Morgan fingerprint density at radius 2 is 1.86 bits per heavy atom. The highest BCUT2D eigenvalue weighted by atomic mass is 15.4. The average Bonchev–Trinajstić information content (AvgIpc) is 3.12. The van der Waals surface area contributed by atoms with E-state index in [0.29, 0.717) is 24.1 Å². The smallest absolute Gasteiger partial charge is 0.229 e. The lowest BCUT2D eigenvalue weighted by Crippen LogP contribution is -2.37. The fourth-order valence-corrected chi connectivity index (χ4v) is 4.79. The third-order valence-electron chi connectivity index (χ3n) is 6.63. The van der Waals surface area contributed by atoms with E-state index in [4.69, 9.17) is 15.7 Å². The van der Waals surface area contributed by atoms with Crippen LogP contribution < -0.4 is 16.4 Å². The van der Waals surface area contributed by atoms with Crippen LogP contribution in [0.4, 0.5) is 11.9 Å². The quantitative estimate of drug-likeness (QED) is 0.686. The first-order valence-corrected chi connectivity index (χ1v) is 11.2. The van der Waals surface area contributed by atoms with Gasteiger partial charge in [-0.3, -0.25) is 0 Å². The van der Waals surface area contributed by atoms with Gasteiger partial charge in [-0.05, 0) is 71.9 Å². The molecule has 2 saturated carbocycles. The van der Waals surface area contributed by atoms with Crippen LogP contribution in [0.1, 0.15) is 63.9 Å². The lowest BCUT2D eigenvalue weighted by Gasteiger charge is -2.33. The first kappa shape index (κ1) is 20.3. The molecule has 0 aliphatic heterocycles. The third kappa shape index (κ3) is 4.64. The predicted octanol–water partition coefficient (Wildman–Crippen LogP) is 2.65. The van der Waals surface area contributed by atoms with Crippen LogP contribution in [0.5, 0.6) is 0 Å². The van der Waals surface area contributed by atoms with Crippen LogP contribution in [0.25, 0.3) is 5.65 Å². The minimum atomic E-state index is 0.270. The number of hydrogen-bond donors (Lipinski definition) is 3. The second-order valence-corrected chi connectivity index (χ2v) is 9.01. The second-order valence-electron chi connectivity index (χ2n) is 9.01. The zero-order valence-electron chi connectivity index (χ0n) is 18.1. The van der Waals surface area contributed by atoms with Crippen molar-refractivity contribution in [2.45, 2.75) is 88.9 Å². The van der Waals surface area contributed by atoms with E-state index in [1.807, 2.05) is 10.7 Å². The van der Waals surface area contributed by atoms with Crippen molar-refractivity contribution in [1.82, 2.24) is 24.5 Å². The Morgan fingerprint density at radius 3 is 2.55 bits per heavy atom. The fraction of sp³-hybridized carbons (Fsp3) is 0.762. The van der Waals surface area contributed by atoms with Gasteiger partial charge in [0.1, 0.15) is 0 Å². The molecule has 2 aliphatic rings. The van der Waals surface area contributed by atoms with Crippen LogP contribution >= 0.6 is 0 Å². The number of aromatic nitrogens is 4. The molecule has 2 aliphatic carbocycles. The number of aryl methyl sites for hydroxylation is 1. The Bertz CT molecular complexity index is 808. The Hall–Kier alpha value is -1.93. The zero-order valence-corrected chi connectivity index (χ0v) is 18.1. The largest absolute Gasteiger partial charge is 0.351 e. The maximum atomic E-state index is 6.19. The molecule has 8 heteroatoms. The number of nitrogens with two attached hydrogens (primary N) is 1. The summed E-state index contributed by atoms with van der Waals surface area (Å²) in [4.78, 5) is 12.0. The molecule has 2 unspecified atom stereocenters. The van der Waals surface area contributed by atoms with Crippen LogP contribution in [0.2, 0.25) is 0 Å². The molecule has 2 heterocycles. The number of anilines is 2. The molecule has 2 aromatic heterocycles. The minimum absolute atomic E-state index is 0.270. The third-order valence-corrected chi connectivity index (χ3v) is 6.63. The summed E-state index contributed by atoms with van der Waals surface area (Å²) >= 11 is 0. The van der Waals surface area contributed by atoms with E-state index in [-0.39, 0.29) is 6.04 Å². The van der Waals surface area contributed by atoms with Crippen LogP contribution in [0.15, 0.2) is 6.20 Å². The van der Waals surface area contributed by atoms with Crippen molar-refractivity contribution in [2.24, 2.45) is 5.73 Å². The molecule has 0 spiro atoms. The molecule has 29 heavy (non-hydrogen) atoms. The van der Waals surface area contributed by atoms with Crippen molar-refractivity contribution >= 4 is 17.5 Å². The summed E-state index contributed by atoms with van der Waals surface area (Å²) in [5.41, 5.74) is 8.24. The van der Waals surface area contributed by atoms with Crippen molar-refractivity contribution in [2.75, 3.05) is 24.7 Å². The molecular formula is C21H36N8. The van der Waals surface area contributed by atoms with Gasteiger partial charge >= 0.3 is 0 Å². The Balaban J connectivity index is 1.54. The van der Waals surface area contributed by atoms with E-state index >= 15 is 0 Å². The van der Waals surface area contributed by atoms with Gasteiger partial charge in [0.2, 0.25) is 11.9 Å². The lowest BCUT2D eigenvalue weighted by molar-refractivity contribution is 0.221. The van der Waals surface area contributed by atoms with E-state index in [1.54, 1.807) is 0 Å². The molecule has 0 saturated heterocycles. The van der Waals surface area contributed by atoms with E-state index < -0.39 is 0 Å². The van der Waals surface area contributed by atoms with Crippen molar-refractivity contribution in [1.29, 1.82) is 0 Å². The number of rotatable bonds is 6. The number of hydrogen-bond acceptors (Lipinski definition) is 7. The topological polar surface area (TPSA) is 96.4 Å². The molecule has 0 radical (unpaired) electrons. The lowest BCUT2D eigenvalue weighted by atomic mass is 9.91. The first-order valence-electron chi connectivity index (χ1n) is 11.2. The van der Waals surface area contributed by atoms with E-state index in [0.717, 1.165) is 62.1 Å². The minimum Gasteiger partial charge on any atom is -0.351 e. The van der Waals surface area contributed by atoms with Gasteiger partial charge in [-0.15, -0.1) is 0 Å². The zero-order chi connectivity index (χ0) is 20.4. The SMILES string of the molecule is CCc1cnn2c(NC3CCCC(N)C3)nc(NC3CCC(N(C)C)CC3)nc12. The highest BCUT2D eigenvalue weighted by molar-refractivity contribution is 5.55. The molecule has 4 N–H and O–H groups in total. The maximum Gasteiger partial charge on any atom is 0.229 e. The molecule has 4 rings (SSSR count). The summed E-state index contributed by atoms with van der Waals surface area (Å²) in [5, 5.41) is 11.8. The molecular weight excluding hydrogens is 364 g/mol. The van der Waals surface area contributed by atoms with Gasteiger partial charge in [0, 0.05) is 29.7 Å². The fourth-order valence-electron chi connectivity index (χ4n) is 4.79. The molecule has 0 amide bonds. The van der Waals surface area contributed by atoms with Crippen LogP contribution in [0, 0.1) is 0 Å². The number of nitrogens with one attached hydrogen (secondary N) is 2. The Kier molecular flexibility index (Phi) is 6.20. The standard InChI is InChI=1S/C21H36N8/c1-4-14-13-23-29-19(14)26-20(24-16-8-10-18(11-9-16)28(2)3)27-21(29)25-17-7-5-6-15(22)12-17/h13,15-18H,4-12,22H2,1-3H3,(H2,24,25,26,27). The molecule has 2 fully saturated rings. The van der Waals surface area contributed by atoms with Crippen molar-refractivity contribution in [3.8, 4) is 0 Å². The van der Waals surface area contributed by atoms with Gasteiger partial charge in [-0.2, -0.15) is 19.6 Å². The van der Waals surface area contributed by atoms with Crippen LogP contribution in [0.3, 0.4) is 0 Å². The molecule has 0 bridgehead atoms. The van der Waals surface area contributed by atoms with Crippen molar-refractivity contribution < 1.29 is 0 Å². The van der Waals surface area contributed by atoms with Crippen molar-refractivity contribution in [3.05, 3.63) is 11.8 Å². The summed E-state index contributed by atoms with van der Waals surface area (Å²) in [6.07, 6.45) is 11.9.